The van der Waals surface area contributed by atoms with Crippen LogP contribution in [0.3, 0.4) is 0 Å². The van der Waals surface area contributed by atoms with E-state index in [1.807, 2.05) is 0 Å². The molecular formula is C20H30O2. The summed E-state index contributed by atoms with van der Waals surface area (Å²) in [5, 5.41) is 0. The largest absolute Gasteiger partial charge is 0.357 e. The van der Waals surface area contributed by atoms with Crippen molar-refractivity contribution in [1.29, 1.82) is 0 Å². The van der Waals surface area contributed by atoms with Gasteiger partial charge >= 0.3 is 0 Å². The Hall–Kier alpha value is -0.960. The topological polar surface area (TPSA) is 18.5 Å². The Kier molecular flexibility index (Phi) is 4.68. The van der Waals surface area contributed by atoms with E-state index in [4.69, 9.17) is 9.47 Å². The molecule has 2 atom stereocenters. The van der Waals surface area contributed by atoms with Crippen molar-refractivity contribution in [3.05, 3.63) is 0 Å². The van der Waals surface area contributed by atoms with Gasteiger partial charge in [0.1, 0.15) is 11.2 Å². The summed E-state index contributed by atoms with van der Waals surface area (Å²) < 4.78 is 12.3. The van der Waals surface area contributed by atoms with Crippen LogP contribution >= 0.6 is 0 Å². The Morgan fingerprint density at radius 3 is 1.27 bits per heavy atom. The van der Waals surface area contributed by atoms with E-state index in [1.54, 1.807) is 0 Å². The molecule has 2 heteroatoms. The average molecular weight is 302 g/mol. The van der Waals surface area contributed by atoms with Crippen LogP contribution in [0, 0.1) is 23.7 Å². The molecule has 0 saturated carbocycles. The third-order valence-electron chi connectivity index (χ3n) is 4.58. The maximum atomic E-state index is 6.14. The summed E-state index contributed by atoms with van der Waals surface area (Å²) in [5.41, 5.74) is -0.913. The number of hydrogen-bond acceptors (Lipinski definition) is 2. The highest BCUT2D eigenvalue weighted by Gasteiger charge is 2.37. The van der Waals surface area contributed by atoms with E-state index < -0.39 is 0 Å². The molecular weight excluding hydrogens is 272 g/mol. The minimum absolute atomic E-state index is 0.0857. The summed E-state index contributed by atoms with van der Waals surface area (Å²) in [4.78, 5) is 0. The molecule has 0 spiro atoms. The highest BCUT2D eigenvalue weighted by atomic mass is 16.5. The predicted octanol–water partition coefficient (Wildman–Crippen LogP) is 4.47. The molecule has 2 aliphatic heterocycles. The minimum atomic E-state index is -0.371. The van der Waals surface area contributed by atoms with Gasteiger partial charge in [0.25, 0.3) is 0 Å². The third kappa shape index (κ3) is 4.77. The molecule has 2 aliphatic rings. The monoisotopic (exact) mass is 302 g/mol. The summed E-state index contributed by atoms with van der Waals surface area (Å²) in [6.45, 7) is 12.7. The fraction of sp³-hybridized carbons (Fsp3) is 0.800. The second kappa shape index (κ2) is 5.92. The van der Waals surface area contributed by atoms with Crippen molar-refractivity contribution in [2.75, 3.05) is 0 Å². The second-order valence-electron chi connectivity index (χ2n) is 8.39. The second-order valence-corrected chi connectivity index (χ2v) is 8.39. The summed E-state index contributed by atoms with van der Waals surface area (Å²) >= 11 is 0. The molecule has 0 bridgehead atoms. The maximum absolute atomic E-state index is 6.14. The van der Waals surface area contributed by atoms with Gasteiger partial charge in [-0.2, -0.15) is 0 Å². The standard InChI is InChI=1S/C20H30O2/c1-17(2)11-9-15-19(5,21-17)13-7-8-14-20(6)16-10-12-18(3,4)22-20/h9-12,15-16H2,1-6H3/t19-,20+. The van der Waals surface area contributed by atoms with Crippen LogP contribution in [0.1, 0.15) is 80.1 Å². The molecule has 0 unspecified atom stereocenters. The lowest BCUT2D eigenvalue weighted by molar-refractivity contribution is -0.135. The Labute approximate surface area is 136 Å². The molecule has 0 N–H and O–H groups in total. The summed E-state index contributed by atoms with van der Waals surface area (Å²) in [6.07, 6.45) is 6.45. The van der Waals surface area contributed by atoms with Crippen molar-refractivity contribution in [3.8, 4) is 23.7 Å². The average Bonchev–Trinajstić information content (AvgIpc) is 2.31. The Morgan fingerprint density at radius 1 is 0.591 bits per heavy atom. The van der Waals surface area contributed by atoms with Crippen LogP contribution in [-0.2, 0) is 9.47 Å². The van der Waals surface area contributed by atoms with E-state index in [-0.39, 0.29) is 22.4 Å². The zero-order chi connectivity index (χ0) is 16.5. The SMILES string of the molecule is CC1(C)CCC[C@](C)(C#CC#C[C@]2(C)CCCC(C)(C)O2)O1. The molecule has 0 radical (unpaired) electrons. The van der Waals surface area contributed by atoms with E-state index in [2.05, 4.69) is 65.2 Å². The lowest BCUT2D eigenvalue weighted by atomic mass is 9.88. The van der Waals surface area contributed by atoms with E-state index in [1.165, 1.54) is 0 Å². The molecule has 0 aromatic rings. The van der Waals surface area contributed by atoms with Crippen molar-refractivity contribution in [2.45, 2.75) is 102 Å². The van der Waals surface area contributed by atoms with E-state index in [0.717, 1.165) is 38.5 Å². The molecule has 2 heterocycles. The van der Waals surface area contributed by atoms with Gasteiger partial charge in [0.15, 0.2) is 0 Å². The third-order valence-corrected chi connectivity index (χ3v) is 4.58. The highest BCUT2D eigenvalue weighted by Crippen LogP contribution is 2.35. The van der Waals surface area contributed by atoms with Crippen molar-refractivity contribution in [1.82, 2.24) is 0 Å². The van der Waals surface area contributed by atoms with Gasteiger partial charge in [-0.25, -0.2) is 0 Å². The van der Waals surface area contributed by atoms with Gasteiger partial charge in [-0.15, -0.1) is 0 Å². The molecule has 2 fully saturated rings. The molecule has 2 saturated heterocycles. The van der Waals surface area contributed by atoms with E-state index >= 15 is 0 Å². The quantitative estimate of drug-likeness (QED) is 0.615. The normalized spacial score (nSPS) is 36.5. The number of rotatable bonds is 0. The molecule has 0 amide bonds. The van der Waals surface area contributed by atoms with E-state index in [9.17, 15) is 0 Å². The van der Waals surface area contributed by atoms with Crippen molar-refractivity contribution < 1.29 is 9.47 Å². The van der Waals surface area contributed by atoms with Gasteiger partial charge in [0.05, 0.1) is 11.2 Å². The van der Waals surface area contributed by atoms with Gasteiger partial charge in [-0.05, 0) is 91.9 Å². The maximum Gasteiger partial charge on any atom is 0.127 e. The van der Waals surface area contributed by atoms with Crippen LogP contribution in [0.25, 0.3) is 0 Å². The first-order valence-corrected chi connectivity index (χ1v) is 8.48. The molecule has 0 aromatic heterocycles. The first kappa shape index (κ1) is 17.4. The van der Waals surface area contributed by atoms with Crippen LogP contribution in [0.5, 0.6) is 0 Å². The van der Waals surface area contributed by atoms with Gasteiger partial charge in [-0.3, -0.25) is 0 Å². The van der Waals surface area contributed by atoms with Crippen molar-refractivity contribution in [2.24, 2.45) is 0 Å². The molecule has 2 nitrogen and oxygen atoms in total. The Morgan fingerprint density at radius 2 is 0.955 bits per heavy atom. The van der Waals surface area contributed by atoms with Crippen molar-refractivity contribution >= 4 is 0 Å². The molecule has 122 valence electrons. The minimum Gasteiger partial charge on any atom is -0.357 e. The molecule has 0 aromatic carbocycles. The lowest BCUT2D eigenvalue weighted by Crippen LogP contribution is -2.42. The van der Waals surface area contributed by atoms with Crippen LogP contribution in [-0.4, -0.2) is 22.4 Å². The predicted molar refractivity (Wildman–Crippen MR) is 90.4 cm³/mol. The van der Waals surface area contributed by atoms with Gasteiger partial charge in [0, 0.05) is 0 Å². The smallest absolute Gasteiger partial charge is 0.127 e. The zero-order valence-electron chi connectivity index (χ0n) is 15.1. The van der Waals surface area contributed by atoms with Gasteiger partial charge < -0.3 is 9.47 Å². The number of ether oxygens (including phenoxy) is 2. The van der Waals surface area contributed by atoms with Crippen LogP contribution in [0.4, 0.5) is 0 Å². The molecule has 22 heavy (non-hydrogen) atoms. The fourth-order valence-corrected chi connectivity index (χ4v) is 3.63. The fourth-order valence-electron chi connectivity index (χ4n) is 3.63. The Balaban J connectivity index is 2.05. The highest BCUT2D eigenvalue weighted by molar-refractivity contribution is 5.33. The summed E-state index contributed by atoms with van der Waals surface area (Å²) in [6, 6.07) is 0. The first-order valence-electron chi connectivity index (χ1n) is 8.48. The Bertz CT molecular complexity index is 488. The van der Waals surface area contributed by atoms with Gasteiger partial charge in [-0.1, -0.05) is 11.8 Å². The van der Waals surface area contributed by atoms with Crippen molar-refractivity contribution in [3.63, 3.8) is 0 Å². The lowest BCUT2D eigenvalue weighted by Gasteiger charge is -2.40. The van der Waals surface area contributed by atoms with Crippen LogP contribution in [0.2, 0.25) is 0 Å². The molecule has 2 rings (SSSR count). The first-order chi connectivity index (χ1) is 10.0. The van der Waals surface area contributed by atoms with Crippen LogP contribution < -0.4 is 0 Å². The van der Waals surface area contributed by atoms with Crippen LogP contribution in [0.15, 0.2) is 0 Å². The molecule has 0 aliphatic carbocycles. The van der Waals surface area contributed by atoms with Gasteiger partial charge in [0.2, 0.25) is 0 Å². The summed E-state index contributed by atoms with van der Waals surface area (Å²) in [5.74, 6) is 12.5. The van der Waals surface area contributed by atoms with E-state index in [0.29, 0.717) is 0 Å². The summed E-state index contributed by atoms with van der Waals surface area (Å²) in [7, 11) is 0. The zero-order valence-corrected chi connectivity index (χ0v) is 15.1. The number of hydrogen-bond donors (Lipinski definition) is 0.